The molecule has 3 amide bonds. The molecule has 5 nitrogen and oxygen atoms in total. The first-order valence-corrected chi connectivity index (χ1v) is 11.3. The zero-order valence-corrected chi connectivity index (χ0v) is 19.3. The Labute approximate surface area is 206 Å². The maximum atomic E-state index is 13.2. The Morgan fingerprint density at radius 2 is 1.68 bits per heavy atom. The average Bonchev–Trinajstić information content (AvgIpc) is 3.12. The van der Waals surface area contributed by atoms with Gasteiger partial charge in [0.1, 0.15) is 18.1 Å². The Morgan fingerprint density at radius 1 is 0.882 bits per heavy atom. The van der Waals surface area contributed by atoms with E-state index in [0.717, 1.165) is 21.2 Å². The van der Waals surface area contributed by atoms with Crippen LogP contribution in [-0.4, -0.2) is 11.9 Å². The molecule has 0 radical (unpaired) electrons. The zero-order chi connectivity index (χ0) is 23.7. The molecule has 4 aromatic carbocycles. The number of imide groups is 1. The molecular weight excluding hydrogens is 471 g/mol. The molecule has 7 heteroatoms. The molecule has 0 saturated carbocycles. The molecule has 5 rings (SSSR count). The van der Waals surface area contributed by atoms with E-state index in [1.54, 1.807) is 36.4 Å². The number of nitrogens with zero attached hydrogens (tertiary/aromatic N) is 1. The van der Waals surface area contributed by atoms with E-state index >= 15 is 0 Å². The fraction of sp³-hybridized carbons (Fsp3) is 0.0370. The Bertz CT molecular complexity index is 1470. The van der Waals surface area contributed by atoms with Crippen LogP contribution in [0, 0.1) is 0 Å². The average molecular weight is 489 g/mol. The first-order valence-electron chi connectivity index (χ1n) is 10.5. The predicted octanol–water partition coefficient (Wildman–Crippen LogP) is 6.82. The van der Waals surface area contributed by atoms with Gasteiger partial charge in [0.05, 0.1) is 5.69 Å². The molecule has 0 aromatic heterocycles. The molecule has 0 bridgehead atoms. The zero-order valence-electron chi connectivity index (χ0n) is 17.8. The number of hydrogen-bond donors (Lipinski definition) is 1. The van der Waals surface area contributed by atoms with E-state index in [2.05, 4.69) is 5.32 Å². The number of carbonyl (C=O) groups excluding carboxylic acids is 2. The highest BCUT2D eigenvalue weighted by molar-refractivity contribution is 6.32. The maximum Gasteiger partial charge on any atom is 0.333 e. The van der Waals surface area contributed by atoms with Crippen molar-refractivity contribution in [2.45, 2.75) is 6.61 Å². The highest BCUT2D eigenvalue weighted by Gasteiger charge is 2.35. The van der Waals surface area contributed by atoms with Gasteiger partial charge in [-0.25, -0.2) is 9.69 Å². The van der Waals surface area contributed by atoms with Crippen LogP contribution in [-0.2, 0) is 11.4 Å². The summed E-state index contributed by atoms with van der Waals surface area (Å²) in [5.41, 5.74) is 2.06. The summed E-state index contributed by atoms with van der Waals surface area (Å²) in [4.78, 5) is 26.9. The van der Waals surface area contributed by atoms with Crippen LogP contribution < -0.4 is 15.0 Å². The number of hydrogen-bond acceptors (Lipinski definition) is 3. The molecule has 168 valence electrons. The molecule has 1 aliphatic heterocycles. The molecular formula is C27H18Cl2N2O3. The van der Waals surface area contributed by atoms with Gasteiger partial charge in [0, 0.05) is 21.2 Å². The van der Waals surface area contributed by atoms with E-state index in [9.17, 15) is 9.59 Å². The third-order valence-electron chi connectivity index (χ3n) is 5.50. The molecule has 0 spiro atoms. The van der Waals surface area contributed by atoms with Crippen molar-refractivity contribution in [3.63, 3.8) is 0 Å². The number of nitrogens with one attached hydrogen (secondary N) is 1. The van der Waals surface area contributed by atoms with Crippen LogP contribution in [0.3, 0.4) is 0 Å². The number of rotatable bonds is 5. The number of urea groups is 1. The van der Waals surface area contributed by atoms with Crippen LogP contribution in [0.25, 0.3) is 16.8 Å². The summed E-state index contributed by atoms with van der Waals surface area (Å²) in [7, 11) is 0. The SMILES string of the molecule is O=C1N/C(=C/c2c(OCc3ccccc3Cl)ccc3ccccc23)C(=O)N1c1cccc(Cl)c1. The minimum Gasteiger partial charge on any atom is -0.488 e. The summed E-state index contributed by atoms with van der Waals surface area (Å²) in [6.07, 6.45) is 1.65. The highest BCUT2D eigenvalue weighted by Crippen LogP contribution is 2.33. The van der Waals surface area contributed by atoms with Gasteiger partial charge in [-0.1, -0.05) is 77.8 Å². The van der Waals surface area contributed by atoms with Gasteiger partial charge in [-0.15, -0.1) is 0 Å². The van der Waals surface area contributed by atoms with E-state index in [1.807, 2.05) is 54.6 Å². The summed E-state index contributed by atoms with van der Waals surface area (Å²) in [6, 6.07) is 25.1. The van der Waals surface area contributed by atoms with E-state index in [4.69, 9.17) is 27.9 Å². The smallest absolute Gasteiger partial charge is 0.333 e. The Morgan fingerprint density at radius 3 is 2.50 bits per heavy atom. The van der Waals surface area contributed by atoms with Crippen molar-refractivity contribution in [1.82, 2.24) is 5.32 Å². The van der Waals surface area contributed by atoms with E-state index < -0.39 is 11.9 Å². The van der Waals surface area contributed by atoms with Crippen molar-refractivity contribution in [1.29, 1.82) is 0 Å². The van der Waals surface area contributed by atoms with Gasteiger partial charge in [-0.05, 0) is 47.2 Å². The molecule has 1 N–H and O–H groups in total. The van der Waals surface area contributed by atoms with Crippen molar-refractivity contribution >= 4 is 57.7 Å². The van der Waals surface area contributed by atoms with Crippen molar-refractivity contribution < 1.29 is 14.3 Å². The minimum atomic E-state index is -0.544. The standard InChI is InChI=1S/C27H18Cl2N2O3/c28-19-8-5-9-20(14-19)31-26(32)24(30-27(31)33)15-22-21-10-3-1-6-17(21)12-13-25(22)34-16-18-7-2-4-11-23(18)29/h1-15H,16H2,(H,30,33)/b24-15+. The predicted molar refractivity (Wildman–Crippen MR) is 135 cm³/mol. The van der Waals surface area contributed by atoms with Gasteiger partial charge in [-0.2, -0.15) is 0 Å². The minimum absolute atomic E-state index is 0.143. The summed E-state index contributed by atoms with van der Waals surface area (Å²) in [5.74, 6) is 0.0895. The van der Waals surface area contributed by atoms with Crippen molar-refractivity contribution in [3.8, 4) is 5.75 Å². The second-order valence-electron chi connectivity index (χ2n) is 7.69. The maximum absolute atomic E-state index is 13.2. The molecule has 1 saturated heterocycles. The number of anilines is 1. The Balaban J connectivity index is 1.54. The van der Waals surface area contributed by atoms with Crippen LogP contribution in [0.5, 0.6) is 5.75 Å². The van der Waals surface area contributed by atoms with Gasteiger partial charge >= 0.3 is 6.03 Å². The summed E-state index contributed by atoms with van der Waals surface area (Å²) < 4.78 is 6.13. The summed E-state index contributed by atoms with van der Waals surface area (Å²) in [6.45, 7) is 0.253. The first-order chi connectivity index (χ1) is 16.5. The lowest BCUT2D eigenvalue weighted by atomic mass is 10.0. The topological polar surface area (TPSA) is 58.6 Å². The Hall–Kier alpha value is -3.80. The lowest BCUT2D eigenvalue weighted by Gasteiger charge is -2.14. The van der Waals surface area contributed by atoms with Crippen LogP contribution >= 0.6 is 23.2 Å². The number of halogens is 2. The fourth-order valence-corrected chi connectivity index (χ4v) is 4.23. The Kier molecular flexibility index (Phi) is 5.97. The normalized spacial score (nSPS) is 14.6. The second-order valence-corrected chi connectivity index (χ2v) is 8.53. The number of benzene rings is 4. The molecule has 1 heterocycles. The molecule has 34 heavy (non-hydrogen) atoms. The monoisotopic (exact) mass is 488 g/mol. The lowest BCUT2D eigenvalue weighted by Crippen LogP contribution is -2.30. The molecule has 1 fully saturated rings. The number of fused-ring (bicyclic) bond motifs is 1. The van der Waals surface area contributed by atoms with Gasteiger partial charge < -0.3 is 10.1 Å². The quantitative estimate of drug-likeness (QED) is 0.247. The fourth-order valence-electron chi connectivity index (χ4n) is 3.85. The number of carbonyl (C=O) groups is 2. The number of ether oxygens (including phenoxy) is 1. The van der Waals surface area contributed by atoms with Crippen molar-refractivity contribution in [2.75, 3.05) is 4.90 Å². The highest BCUT2D eigenvalue weighted by atomic mass is 35.5. The van der Waals surface area contributed by atoms with Crippen LogP contribution in [0.2, 0.25) is 10.0 Å². The second kappa shape index (κ2) is 9.21. The van der Waals surface area contributed by atoms with Gasteiger partial charge in [0.2, 0.25) is 0 Å². The first kappa shape index (κ1) is 22.0. The molecule has 0 unspecified atom stereocenters. The van der Waals surface area contributed by atoms with Crippen LogP contribution in [0.1, 0.15) is 11.1 Å². The largest absolute Gasteiger partial charge is 0.488 e. The lowest BCUT2D eigenvalue weighted by molar-refractivity contribution is -0.113. The van der Waals surface area contributed by atoms with Gasteiger partial charge in [0.25, 0.3) is 5.91 Å². The molecule has 1 aliphatic rings. The van der Waals surface area contributed by atoms with Crippen LogP contribution in [0.4, 0.5) is 10.5 Å². The van der Waals surface area contributed by atoms with Crippen LogP contribution in [0.15, 0.2) is 90.6 Å². The summed E-state index contributed by atoms with van der Waals surface area (Å²) in [5, 5.41) is 5.57. The summed E-state index contributed by atoms with van der Waals surface area (Å²) >= 11 is 12.3. The molecule has 4 aromatic rings. The van der Waals surface area contributed by atoms with E-state index in [0.29, 0.717) is 27.0 Å². The van der Waals surface area contributed by atoms with Crippen molar-refractivity contribution in [3.05, 3.63) is 112 Å². The third-order valence-corrected chi connectivity index (χ3v) is 6.11. The molecule has 0 atom stereocenters. The van der Waals surface area contributed by atoms with Gasteiger partial charge in [0.15, 0.2) is 0 Å². The molecule has 0 aliphatic carbocycles. The van der Waals surface area contributed by atoms with E-state index in [-0.39, 0.29) is 12.3 Å². The third kappa shape index (κ3) is 4.23. The van der Waals surface area contributed by atoms with E-state index in [1.165, 1.54) is 0 Å². The van der Waals surface area contributed by atoms with Gasteiger partial charge in [-0.3, -0.25) is 4.79 Å². The number of amides is 3. The van der Waals surface area contributed by atoms with Crippen molar-refractivity contribution in [2.24, 2.45) is 0 Å².